The van der Waals surface area contributed by atoms with Gasteiger partial charge in [0.05, 0.1) is 59.8 Å². The molecular formula is C41H75NO12. The summed E-state index contributed by atoms with van der Waals surface area (Å²) in [4.78, 5) is 2.35. The van der Waals surface area contributed by atoms with Crippen molar-refractivity contribution in [3.05, 3.63) is 0 Å². The van der Waals surface area contributed by atoms with Crippen LogP contribution in [0.2, 0.25) is 0 Å². The van der Waals surface area contributed by atoms with Crippen LogP contribution >= 0.6 is 0 Å². The van der Waals surface area contributed by atoms with E-state index in [4.69, 9.17) is 37.9 Å². The Morgan fingerprint density at radius 2 is 1.46 bits per heavy atom. The Hall–Kier alpha value is -0.520. The minimum Gasteiger partial charge on any atom is -0.387 e. The Morgan fingerprint density at radius 1 is 0.815 bits per heavy atom. The maximum Gasteiger partial charge on any atom is 0.286 e. The molecule has 13 nitrogen and oxygen atoms in total. The van der Waals surface area contributed by atoms with E-state index in [0.29, 0.717) is 19.3 Å². The highest BCUT2D eigenvalue weighted by atomic mass is 16.8. The molecule has 5 heterocycles. The molecular weight excluding hydrogens is 698 g/mol. The van der Waals surface area contributed by atoms with Crippen molar-refractivity contribution in [2.24, 2.45) is 23.7 Å². The van der Waals surface area contributed by atoms with Gasteiger partial charge in [-0.3, -0.25) is 4.90 Å². The van der Waals surface area contributed by atoms with Gasteiger partial charge in [-0.15, -0.1) is 0 Å². The molecule has 0 aliphatic carbocycles. The largest absolute Gasteiger partial charge is 0.387 e. The minimum atomic E-state index is -2.18. The van der Waals surface area contributed by atoms with Crippen LogP contribution < -0.4 is 0 Å². The maximum absolute atomic E-state index is 12.6. The summed E-state index contributed by atoms with van der Waals surface area (Å²) in [5, 5.41) is 47.7. The maximum atomic E-state index is 12.6. The first-order chi connectivity index (χ1) is 25.2. The summed E-state index contributed by atoms with van der Waals surface area (Å²) in [6.45, 7) is 25.3. The summed E-state index contributed by atoms with van der Waals surface area (Å²) in [5.74, 6) is -3.90. The smallest absolute Gasteiger partial charge is 0.286 e. The van der Waals surface area contributed by atoms with Gasteiger partial charge in [-0.2, -0.15) is 0 Å². The SMILES string of the molecule is CCCN(CCC)C1C[C@@H](C)O[C@@H](O[C@@H]2[C@@H](C)[C@H](O[C@H]3CC(C)(OC)[C@@H](O)C(C)O3)[C@@H](C)[C@@]3(O)O[C@H]([C@@H](C)C4OC2(C)C[C@@H]4C)[C@](C)(O)[C@@H](CC)O3)C1O. The number of hydrogen-bond donors (Lipinski definition) is 4. The number of nitrogens with zero attached hydrogens (tertiary/aromatic N) is 1. The van der Waals surface area contributed by atoms with Gasteiger partial charge < -0.3 is 58.3 Å². The van der Waals surface area contributed by atoms with E-state index in [1.165, 1.54) is 0 Å². The second-order valence-corrected chi connectivity index (χ2v) is 18.2. The lowest BCUT2D eigenvalue weighted by Crippen LogP contribution is -2.69. The third kappa shape index (κ3) is 8.33. The Balaban J connectivity index is 1.61. The molecule has 0 aromatic carbocycles. The highest BCUT2D eigenvalue weighted by Crippen LogP contribution is 2.52. The molecule has 20 atom stereocenters. The zero-order valence-electron chi connectivity index (χ0n) is 35.4. The molecule has 6 unspecified atom stereocenters. The normalized spacial score (nSPS) is 53.0. The molecule has 4 bridgehead atoms. The van der Waals surface area contributed by atoms with Crippen molar-refractivity contribution in [2.75, 3.05) is 20.2 Å². The molecule has 0 aromatic heterocycles. The summed E-state index contributed by atoms with van der Waals surface area (Å²) in [6.07, 6.45) is -4.09. The van der Waals surface area contributed by atoms with Gasteiger partial charge in [0.2, 0.25) is 0 Å². The summed E-state index contributed by atoms with van der Waals surface area (Å²) in [5.41, 5.74) is -3.31. The van der Waals surface area contributed by atoms with Crippen LogP contribution in [0.5, 0.6) is 0 Å². The molecule has 0 saturated carbocycles. The molecule has 316 valence electrons. The van der Waals surface area contributed by atoms with E-state index >= 15 is 0 Å². The Bertz CT molecular complexity index is 1220. The van der Waals surface area contributed by atoms with Gasteiger partial charge in [-0.25, -0.2) is 0 Å². The van der Waals surface area contributed by atoms with E-state index in [1.54, 1.807) is 21.0 Å². The first-order valence-corrected chi connectivity index (χ1v) is 20.9. The second kappa shape index (κ2) is 17.0. The molecule has 4 N–H and O–H groups in total. The van der Waals surface area contributed by atoms with Crippen molar-refractivity contribution in [1.82, 2.24) is 4.90 Å². The highest BCUT2D eigenvalue weighted by molar-refractivity contribution is 5.07. The number of ether oxygens (including phenoxy) is 8. The van der Waals surface area contributed by atoms with Crippen molar-refractivity contribution in [1.29, 1.82) is 0 Å². The van der Waals surface area contributed by atoms with Crippen LogP contribution in [-0.4, -0.2) is 142 Å². The fourth-order valence-electron chi connectivity index (χ4n) is 10.7. The average molecular weight is 774 g/mol. The van der Waals surface area contributed by atoms with Gasteiger partial charge in [0.15, 0.2) is 12.6 Å². The first-order valence-electron chi connectivity index (χ1n) is 20.9. The van der Waals surface area contributed by atoms with Crippen molar-refractivity contribution < 1.29 is 58.3 Å². The molecule has 5 rings (SSSR count). The Labute approximate surface area is 324 Å². The third-order valence-corrected chi connectivity index (χ3v) is 13.7. The van der Waals surface area contributed by atoms with Crippen LogP contribution in [0.1, 0.15) is 122 Å². The van der Waals surface area contributed by atoms with Gasteiger partial charge >= 0.3 is 0 Å². The average Bonchev–Trinajstić information content (AvgIpc) is 3.43. The zero-order chi connectivity index (χ0) is 40.1. The molecule has 0 amide bonds. The number of aliphatic hydroxyl groups is 4. The van der Waals surface area contributed by atoms with Gasteiger partial charge in [-0.05, 0) is 85.7 Å². The zero-order valence-corrected chi connectivity index (χ0v) is 35.4. The lowest BCUT2D eigenvalue weighted by molar-refractivity contribution is -0.481. The van der Waals surface area contributed by atoms with Crippen molar-refractivity contribution in [2.45, 2.75) is 218 Å². The summed E-state index contributed by atoms with van der Waals surface area (Å²) in [6, 6.07) is -0.156. The molecule has 0 radical (unpaired) electrons. The Kier molecular flexibility index (Phi) is 14.0. The Morgan fingerprint density at radius 3 is 2.06 bits per heavy atom. The predicted molar refractivity (Wildman–Crippen MR) is 201 cm³/mol. The molecule has 5 aliphatic rings. The number of aliphatic hydroxyl groups excluding tert-OH is 2. The third-order valence-electron chi connectivity index (χ3n) is 13.7. The van der Waals surface area contributed by atoms with E-state index in [1.807, 2.05) is 41.5 Å². The van der Waals surface area contributed by atoms with Crippen LogP contribution in [0.4, 0.5) is 0 Å². The van der Waals surface area contributed by atoms with Gasteiger partial charge in [0.25, 0.3) is 5.97 Å². The van der Waals surface area contributed by atoms with Gasteiger partial charge in [0.1, 0.15) is 17.8 Å². The standard InChI is InChI=1S/C41H75NO12/c1-14-17-42(18-15-2)28-19-23(5)48-37(31(28)43)51-35-25(7)33(50-30-21-38(10,47-13)34(44)27(9)49-30)26(8)41(46)52-29(16-3)40(12,45)36(54-41)24(6)32-22(4)20-39(35,11)53-32/h22-37,43-46H,14-21H2,1-13H3/t22-,23+,24-,25-,26+,27?,28?,29+,30-,31?,32?,33-,34-,35+,36+,37-,38?,39?,40+,41-/m0/s1. The van der Waals surface area contributed by atoms with Gasteiger partial charge in [0, 0.05) is 31.4 Å². The molecule has 0 spiro atoms. The molecule has 5 saturated heterocycles. The highest BCUT2D eigenvalue weighted by Gasteiger charge is 2.64. The van der Waals surface area contributed by atoms with E-state index in [0.717, 1.165) is 25.9 Å². The minimum absolute atomic E-state index is 0.0230. The van der Waals surface area contributed by atoms with Crippen LogP contribution in [-0.2, 0) is 37.9 Å². The van der Waals surface area contributed by atoms with Crippen LogP contribution in [0, 0.1) is 23.7 Å². The number of hydrogen-bond acceptors (Lipinski definition) is 13. The van der Waals surface area contributed by atoms with Crippen LogP contribution in [0.3, 0.4) is 0 Å². The van der Waals surface area contributed by atoms with Gasteiger partial charge in [-0.1, -0.05) is 48.5 Å². The number of rotatable bonds is 11. The lowest BCUT2D eigenvalue weighted by Gasteiger charge is -2.55. The van der Waals surface area contributed by atoms with Crippen LogP contribution in [0.25, 0.3) is 0 Å². The van der Waals surface area contributed by atoms with E-state index in [-0.39, 0.29) is 36.5 Å². The fourth-order valence-corrected chi connectivity index (χ4v) is 10.7. The molecule has 13 heteroatoms. The molecule has 54 heavy (non-hydrogen) atoms. The molecule has 0 aromatic rings. The monoisotopic (exact) mass is 774 g/mol. The second-order valence-electron chi connectivity index (χ2n) is 18.2. The number of fused-ring (bicyclic) bond motifs is 4. The van der Waals surface area contributed by atoms with E-state index in [2.05, 4.69) is 32.6 Å². The summed E-state index contributed by atoms with van der Waals surface area (Å²) >= 11 is 0. The number of methoxy groups -OCH3 is 1. The lowest BCUT2D eigenvalue weighted by atomic mass is 9.74. The van der Waals surface area contributed by atoms with Crippen molar-refractivity contribution >= 4 is 0 Å². The molecule has 5 fully saturated rings. The molecule has 5 aliphatic heterocycles. The van der Waals surface area contributed by atoms with E-state index < -0.39 is 89.9 Å². The van der Waals surface area contributed by atoms with Crippen molar-refractivity contribution in [3.8, 4) is 0 Å². The fraction of sp³-hybridized carbons (Fsp3) is 1.00. The van der Waals surface area contributed by atoms with Crippen LogP contribution in [0.15, 0.2) is 0 Å². The topological polar surface area (TPSA) is 158 Å². The van der Waals surface area contributed by atoms with E-state index in [9.17, 15) is 20.4 Å². The summed E-state index contributed by atoms with van der Waals surface area (Å²) in [7, 11) is 1.56. The quantitative estimate of drug-likeness (QED) is 0.235. The first kappa shape index (κ1) is 44.6. The van der Waals surface area contributed by atoms with Crippen molar-refractivity contribution in [3.63, 3.8) is 0 Å². The summed E-state index contributed by atoms with van der Waals surface area (Å²) < 4.78 is 52.8. The predicted octanol–water partition coefficient (Wildman–Crippen LogP) is 4.34.